The zero-order chi connectivity index (χ0) is 29.2. The predicted octanol–water partition coefficient (Wildman–Crippen LogP) is 8.11. The van der Waals surface area contributed by atoms with Gasteiger partial charge >= 0.3 is 5.97 Å². The van der Waals surface area contributed by atoms with Gasteiger partial charge in [-0.2, -0.15) is 5.10 Å². The highest BCUT2D eigenvalue weighted by Crippen LogP contribution is 2.24. The Kier molecular flexibility index (Phi) is 10.8. The number of nitrogens with zero attached hydrogens (tertiary/aromatic N) is 1. The zero-order valence-electron chi connectivity index (χ0n) is 21.9. The fourth-order valence-electron chi connectivity index (χ4n) is 3.51. The van der Waals surface area contributed by atoms with E-state index in [1.807, 2.05) is 6.92 Å². The van der Waals surface area contributed by atoms with Crippen molar-refractivity contribution in [3.63, 3.8) is 0 Å². The highest BCUT2D eigenvalue weighted by molar-refractivity contribution is 9.10. The van der Waals surface area contributed by atoms with Crippen molar-refractivity contribution in [1.29, 1.82) is 0 Å². The molecule has 0 spiro atoms. The van der Waals surface area contributed by atoms with Gasteiger partial charge in [-0.25, -0.2) is 10.2 Å². The highest BCUT2D eigenvalue weighted by Gasteiger charge is 2.13. The summed E-state index contributed by atoms with van der Waals surface area (Å²) >= 11 is 15.5. The topological polar surface area (TPSA) is 86.2 Å². The van der Waals surface area contributed by atoms with Crippen LogP contribution in [0.15, 0.2) is 94.5 Å². The molecule has 1 N–H and O–H groups in total. The molecule has 0 unspecified atom stereocenters. The second-order valence-corrected chi connectivity index (χ2v) is 10.5. The third kappa shape index (κ3) is 8.82. The van der Waals surface area contributed by atoms with Crippen LogP contribution < -0.4 is 19.6 Å². The van der Waals surface area contributed by atoms with Crippen molar-refractivity contribution in [2.45, 2.75) is 20.0 Å². The van der Waals surface area contributed by atoms with Gasteiger partial charge in [0.2, 0.25) is 0 Å². The van der Waals surface area contributed by atoms with E-state index in [1.54, 1.807) is 84.9 Å². The number of hydrogen-bond donors (Lipinski definition) is 1. The zero-order valence-corrected chi connectivity index (χ0v) is 25.0. The summed E-state index contributed by atoms with van der Waals surface area (Å²) < 4.78 is 17.7. The van der Waals surface area contributed by atoms with E-state index >= 15 is 0 Å². The van der Waals surface area contributed by atoms with Gasteiger partial charge in [-0.3, -0.25) is 4.79 Å². The normalized spacial score (nSPS) is 10.8. The van der Waals surface area contributed by atoms with Crippen LogP contribution in [-0.2, 0) is 6.61 Å². The largest absolute Gasteiger partial charge is 0.494 e. The number of amides is 1. The number of ether oxygens (including phenoxy) is 3. The van der Waals surface area contributed by atoms with Gasteiger partial charge in [0.1, 0.15) is 23.9 Å². The van der Waals surface area contributed by atoms with Gasteiger partial charge < -0.3 is 14.2 Å². The van der Waals surface area contributed by atoms with Crippen LogP contribution in [0, 0.1) is 0 Å². The number of halogens is 3. The van der Waals surface area contributed by atoms with Crippen LogP contribution in [-0.4, -0.2) is 24.7 Å². The summed E-state index contributed by atoms with van der Waals surface area (Å²) in [6.07, 6.45) is 2.29. The van der Waals surface area contributed by atoms with Crippen LogP contribution in [0.25, 0.3) is 0 Å². The van der Waals surface area contributed by atoms with E-state index in [1.165, 1.54) is 6.21 Å². The lowest BCUT2D eigenvalue weighted by Gasteiger charge is -2.09. The molecule has 0 aromatic heterocycles. The van der Waals surface area contributed by atoms with E-state index in [4.69, 9.17) is 37.4 Å². The van der Waals surface area contributed by atoms with E-state index in [0.29, 0.717) is 44.8 Å². The Morgan fingerprint density at radius 2 is 1.56 bits per heavy atom. The SMILES string of the molecule is CCCOc1ccc(C(=O)Oc2ccc(Br)cc2/C=N/NC(=O)c2ccc(OCc3ccc(Cl)cc3Cl)cc2)cc1. The van der Waals surface area contributed by atoms with E-state index in [0.717, 1.165) is 16.5 Å². The van der Waals surface area contributed by atoms with Crippen LogP contribution in [0.2, 0.25) is 10.0 Å². The number of carbonyl (C=O) groups is 2. The first kappa shape index (κ1) is 30.1. The summed E-state index contributed by atoms with van der Waals surface area (Å²) in [5, 5.41) is 5.11. The first-order valence-corrected chi connectivity index (χ1v) is 14.1. The molecule has 41 heavy (non-hydrogen) atoms. The quantitative estimate of drug-likeness (QED) is 0.0764. The monoisotopic (exact) mass is 654 g/mol. The first-order valence-electron chi connectivity index (χ1n) is 12.6. The molecule has 210 valence electrons. The summed E-state index contributed by atoms with van der Waals surface area (Å²) in [5.74, 6) is 0.575. The van der Waals surface area contributed by atoms with Crippen LogP contribution in [0.1, 0.15) is 45.2 Å². The van der Waals surface area contributed by atoms with Crippen molar-refractivity contribution in [2.24, 2.45) is 5.10 Å². The molecule has 0 heterocycles. The minimum Gasteiger partial charge on any atom is -0.494 e. The Morgan fingerprint density at radius 3 is 2.24 bits per heavy atom. The number of hydrogen-bond acceptors (Lipinski definition) is 6. The summed E-state index contributed by atoms with van der Waals surface area (Å²) in [6, 6.07) is 23.6. The minimum absolute atomic E-state index is 0.254. The Morgan fingerprint density at radius 1 is 0.878 bits per heavy atom. The Bertz CT molecular complexity index is 1540. The molecule has 0 aliphatic rings. The molecule has 4 aromatic carbocycles. The average molecular weight is 656 g/mol. The Labute approximate surface area is 256 Å². The first-order chi connectivity index (χ1) is 19.8. The Balaban J connectivity index is 1.35. The minimum atomic E-state index is -0.534. The number of rotatable bonds is 11. The van der Waals surface area contributed by atoms with Gasteiger partial charge in [-0.1, -0.05) is 52.1 Å². The van der Waals surface area contributed by atoms with Crippen molar-refractivity contribution >= 4 is 57.2 Å². The lowest BCUT2D eigenvalue weighted by Crippen LogP contribution is -2.17. The molecule has 0 aliphatic carbocycles. The average Bonchev–Trinajstić information content (AvgIpc) is 2.97. The van der Waals surface area contributed by atoms with Crippen LogP contribution in [0.3, 0.4) is 0 Å². The van der Waals surface area contributed by atoms with E-state index in [-0.39, 0.29) is 12.4 Å². The number of esters is 1. The second-order valence-electron chi connectivity index (χ2n) is 8.69. The van der Waals surface area contributed by atoms with Gasteiger partial charge in [-0.05, 0) is 85.3 Å². The molecule has 0 bridgehead atoms. The molecule has 4 rings (SSSR count). The molecule has 1 amide bonds. The lowest BCUT2D eigenvalue weighted by molar-refractivity contribution is 0.0734. The maximum atomic E-state index is 12.7. The molecule has 10 heteroatoms. The van der Waals surface area contributed by atoms with Crippen molar-refractivity contribution in [3.8, 4) is 17.2 Å². The van der Waals surface area contributed by atoms with Crippen molar-refractivity contribution in [2.75, 3.05) is 6.61 Å². The summed E-state index contributed by atoms with van der Waals surface area (Å²) in [4.78, 5) is 25.3. The van der Waals surface area contributed by atoms with Gasteiger partial charge in [0.15, 0.2) is 0 Å². The predicted molar refractivity (Wildman–Crippen MR) is 164 cm³/mol. The van der Waals surface area contributed by atoms with Gasteiger partial charge in [0.25, 0.3) is 5.91 Å². The van der Waals surface area contributed by atoms with Gasteiger partial charge in [0.05, 0.1) is 18.4 Å². The van der Waals surface area contributed by atoms with E-state index < -0.39 is 11.9 Å². The molecule has 0 atom stereocenters. The maximum absolute atomic E-state index is 12.7. The standard InChI is InChI=1S/C31H25BrCl2N2O5/c1-2-15-39-26-12-6-21(7-13-26)31(38)41-29-14-8-24(32)16-23(29)18-35-36-30(37)20-4-10-27(11-5-20)40-19-22-3-9-25(33)17-28(22)34/h3-14,16-18H,2,15,19H2,1H3,(H,36,37)/b35-18+. The molecule has 7 nitrogen and oxygen atoms in total. The summed E-state index contributed by atoms with van der Waals surface area (Å²) in [5.41, 5.74) is 4.51. The fraction of sp³-hybridized carbons (Fsp3) is 0.129. The van der Waals surface area contributed by atoms with Crippen LogP contribution in [0.4, 0.5) is 0 Å². The third-order valence-electron chi connectivity index (χ3n) is 5.63. The number of carbonyl (C=O) groups excluding carboxylic acids is 2. The smallest absolute Gasteiger partial charge is 0.343 e. The number of hydrazone groups is 1. The molecule has 0 radical (unpaired) electrons. The van der Waals surface area contributed by atoms with Gasteiger partial charge in [0, 0.05) is 31.2 Å². The molecule has 0 saturated carbocycles. The van der Waals surface area contributed by atoms with Gasteiger partial charge in [-0.15, -0.1) is 0 Å². The van der Waals surface area contributed by atoms with Crippen molar-refractivity contribution in [3.05, 3.63) is 122 Å². The molecular weight excluding hydrogens is 631 g/mol. The van der Waals surface area contributed by atoms with E-state index in [9.17, 15) is 9.59 Å². The highest BCUT2D eigenvalue weighted by atomic mass is 79.9. The Hall–Kier alpha value is -3.85. The van der Waals surface area contributed by atoms with E-state index in [2.05, 4.69) is 26.5 Å². The summed E-state index contributed by atoms with van der Waals surface area (Å²) in [6.45, 7) is 2.87. The second kappa shape index (κ2) is 14.7. The maximum Gasteiger partial charge on any atom is 0.343 e. The van der Waals surface area contributed by atoms with Crippen molar-refractivity contribution < 1.29 is 23.8 Å². The third-order valence-corrected chi connectivity index (χ3v) is 6.71. The molecule has 0 aliphatic heterocycles. The molecular formula is C31H25BrCl2N2O5. The fourth-order valence-corrected chi connectivity index (χ4v) is 4.35. The number of benzene rings is 4. The number of nitrogens with one attached hydrogen (secondary N) is 1. The summed E-state index contributed by atoms with van der Waals surface area (Å²) in [7, 11) is 0. The molecule has 0 fully saturated rings. The van der Waals surface area contributed by atoms with Crippen LogP contribution >= 0.6 is 39.1 Å². The lowest BCUT2D eigenvalue weighted by atomic mass is 10.2. The molecule has 0 saturated heterocycles. The van der Waals surface area contributed by atoms with Crippen LogP contribution in [0.5, 0.6) is 17.2 Å². The van der Waals surface area contributed by atoms with Crippen molar-refractivity contribution in [1.82, 2.24) is 5.43 Å². The molecule has 4 aromatic rings.